The zero-order chi connectivity index (χ0) is 8.53. The molecular weight excluding hydrogens is 136 g/mol. The van der Waals surface area contributed by atoms with Crippen LogP contribution in [-0.4, -0.2) is 7.05 Å². The van der Waals surface area contributed by atoms with Crippen LogP contribution in [0.4, 0.5) is 0 Å². The van der Waals surface area contributed by atoms with Crippen molar-refractivity contribution in [3.05, 3.63) is 49.2 Å². The molecule has 0 amide bonds. The fourth-order valence-electron chi connectivity index (χ4n) is 0.525. The summed E-state index contributed by atoms with van der Waals surface area (Å²) in [7, 11) is 1.62. The molecule has 0 aromatic carbocycles. The molecule has 0 aliphatic carbocycles. The highest BCUT2D eigenvalue weighted by Crippen LogP contribution is 1.99. The number of hydrogen-bond acceptors (Lipinski definition) is 2. The van der Waals surface area contributed by atoms with Crippen LogP contribution in [0.1, 0.15) is 0 Å². The van der Waals surface area contributed by atoms with Gasteiger partial charge in [-0.25, -0.2) is 0 Å². The fraction of sp³-hybridized carbons (Fsp3) is 0.111. The lowest BCUT2D eigenvalue weighted by atomic mass is 10.3. The van der Waals surface area contributed by atoms with Crippen LogP contribution in [0.5, 0.6) is 0 Å². The predicted octanol–water partition coefficient (Wildman–Crippen LogP) is 2.88. The first-order chi connectivity index (χ1) is 5.35. The van der Waals surface area contributed by atoms with Crippen LogP contribution in [-0.2, 0) is 0 Å². The van der Waals surface area contributed by atoms with E-state index in [2.05, 4.69) is 23.4 Å². The van der Waals surface area contributed by atoms with Gasteiger partial charge in [-0.3, -0.25) is 0 Å². The van der Waals surface area contributed by atoms with Crippen LogP contribution in [0.2, 0.25) is 0 Å². The summed E-state index contributed by atoms with van der Waals surface area (Å²) in [6, 6.07) is 0. The topological polar surface area (TPSA) is 24.7 Å². The summed E-state index contributed by atoms with van der Waals surface area (Å²) in [5.41, 5.74) is 0.766. The molecule has 0 aromatic rings. The van der Waals surface area contributed by atoms with Gasteiger partial charge in [0.2, 0.25) is 0 Å². The molecule has 0 saturated heterocycles. The normalized spacial score (nSPS) is 12.6. The highest BCUT2D eigenvalue weighted by molar-refractivity contribution is 5.23. The van der Waals surface area contributed by atoms with E-state index >= 15 is 0 Å². The Bertz CT molecular complexity index is 210. The van der Waals surface area contributed by atoms with E-state index in [0.717, 1.165) is 5.70 Å². The van der Waals surface area contributed by atoms with E-state index in [1.165, 1.54) is 0 Å². The van der Waals surface area contributed by atoms with Gasteiger partial charge in [-0.1, -0.05) is 31.4 Å². The summed E-state index contributed by atoms with van der Waals surface area (Å²) in [5, 5.41) is 7.46. The number of rotatable bonds is 4. The maximum atomic E-state index is 3.83. The van der Waals surface area contributed by atoms with Crippen LogP contribution < -0.4 is 0 Å². The van der Waals surface area contributed by atoms with E-state index in [-0.39, 0.29) is 0 Å². The molecule has 0 saturated carbocycles. The van der Waals surface area contributed by atoms with E-state index in [9.17, 15) is 0 Å². The predicted molar refractivity (Wildman–Crippen MR) is 48.4 cm³/mol. The second-order valence-corrected chi connectivity index (χ2v) is 1.72. The molecule has 0 fully saturated rings. The maximum Gasteiger partial charge on any atom is 0.0852 e. The molecule has 0 unspecified atom stereocenters. The summed E-state index contributed by atoms with van der Waals surface area (Å²) in [4.78, 5) is 0. The third-order valence-corrected chi connectivity index (χ3v) is 0.907. The summed E-state index contributed by atoms with van der Waals surface area (Å²) in [5.74, 6) is 0. The molecule has 11 heavy (non-hydrogen) atoms. The highest BCUT2D eigenvalue weighted by atomic mass is 15.1. The molecule has 0 bridgehead atoms. The Morgan fingerprint density at radius 2 is 2.00 bits per heavy atom. The van der Waals surface area contributed by atoms with E-state index < -0.39 is 0 Å². The number of allylic oxidation sites excluding steroid dienone is 5. The summed E-state index contributed by atoms with van der Waals surface area (Å²) < 4.78 is 0. The summed E-state index contributed by atoms with van der Waals surface area (Å²) in [6.07, 6.45) is 8.72. The average Bonchev–Trinajstić information content (AvgIpc) is 2.01. The first kappa shape index (κ1) is 9.56. The molecule has 2 nitrogen and oxygen atoms in total. The van der Waals surface area contributed by atoms with E-state index in [4.69, 9.17) is 0 Å². The quantitative estimate of drug-likeness (QED) is 0.432. The first-order valence-corrected chi connectivity index (χ1v) is 3.26. The number of hydrogen-bond donors (Lipinski definition) is 0. The second-order valence-electron chi connectivity index (χ2n) is 1.72. The monoisotopic (exact) mass is 148 g/mol. The third-order valence-electron chi connectivity index (χ3n) is 0.907. The SMILES string of the molecule is C=C/C=C\C(=C/C=C)N=NC. The lowest BCUT2D eigenvalue weighted by Crippen LogP contribution is -1.67. The van der Waals surface area contributed by atoms with Crippen molar-refractivity contribution in [3.8, 4) is 0 Å². The van der Waals surface area contributed by atoms with Crippen LogP contribution in [0, 0.1) is 0 Å². The molecule has 2 heteroatoms. The van der Waals surface area contributed by atoms with Crippen LogP contribution in [0.25, 0.3) is 0 Å². The number of nitrogens with zero attached hydrogens (tertiary/aromatic N) is 2. The molecule has 58 valence electrons. The zero-order valence-electron chi connectivity index (χ0n) is 6.70. The van der Waals surface area contributed by atoms with Gasteiger partial charge in [-0.05, 0) is 12.2 Å². The van der Waals surface area contributed by atoms with Crippen molar-refractivity contribution in [1.29, 1.82) is 0 Å². The molecule has 0 atom stereocenters. The molecule has 0 heterocycles. The van der Waals surface area contributed by atoms with Gasteiger partial charge >= 0.3 is 0 Å². The van der Waals surface area contributed by atoms with Crippen molar-refractivity contribution in [2.45, 2.75) is 0 Å². The molecule has 0 radical (unpaired) electrons. The summed E-state index contributed by atoms with van der Waals surface area (Å²) in [6.45, 7) is 7.09. The van der Waals surface area contributed by atoms with Gasteiger partial charge in [0.15, 0.2) is 0 Å². The Hall–Kier alpha value is -1.44. The number of azo groups is 1. The van der Waals surface area contributed by atoms with Crippen molar-refractivity contribution in [2.24, 2.45) is 10.2 Å². The molecule has 0 N–H and O–H groups in total. The molecule has 0 aromatic heterocycles. The first-order valence-electron chi connectivity index (χ1n) is 3.26. The van der Waals surface area contributed by atoms with Crippen LogP contribution >= 0.6 is 0 Å². The maximum absolute atomic E-state index is 3.83. The minimum absolute atomic E-state index is 0.766. The van der Waals surface area contributed by atoms with Crippen molar-refractivity contribution < 1.29 is 0 Å². The molecule has 0 spiro atoms. The Kier molecular flexibility index (Phi) is 5.80. The smallest absolute Gasteiger partial charge is 0.0852 e. The van der Waals surface area contributed by atoms with Gasteiger partial charge in [0, 0.05) is 7.05 Å². The van der Waals surface area contributed by atoms with Crippen molar-refractivity contribution in [2.75, 3.05) is 7.05 Å². The van der Waals surface area contributed by atoms with Crippen molar-refractivity contribution in [3.63, 3.8) is 0 Å². The molecule has 0 aliphatic rings. The summed E-state index contributed by atoms with van der Waals surface area (Å²) >= 11 is 0. The van der Waals surface area contributed by atoms with E-state index in [1.54, 1.807) is 31.4 Å². The van der Waals surface area contributed by atoms with Gasteiger partial charge in [-0.15, -0.1) is 0 Å². The van der Waals surface area contributed by atoms with E-state index in [1.807, 2.05) is 6.08 Å². The minimum atomic E-state index is 0.766. The third kappa shape index (κ3) is 5.03. The lowest BCUT2D eigenvalue weighted by molar-refractivity contribution is 1.12. The Labute approximate surface area is 67.3 Å². The van der Waals surface area contributed by atoms with Gasteiger partial charge in [-0.2, -0.15) is 10.2 Å². The molecule has 0 aliphatic heterocycles. The zero-order valence-corrected chi connectivity index (χ0v) is 6.70. The Balaban J connectivity index is 4.33. The van der Waals surface area contributed by atoms with Gasteiger partial charge < -0.3 is 0 Å². The fourth-order valence-corrected chi connectivity index (χ4v) is 0.525. The molecule has 0 rings (SSSR count). The average molecular weight is 148 g/mol. The van der Waals surface area contributed by atoms with Crippen LogP contribution in [0.15, 0.2) is 59.5 Å². The minimum Gasteiger partial charge on any atom is -0.192 e. The molecular formula is C9H12N2. The van der Waals surface area contributed by atoms with Gasteiger partial charge in [0.05, 0.1) is 5.70 Å². The standard InChI is InChI=1S/C9H12N2/c1-4-6-8-9(7-5-2)11-10-3/h4-8H,1-2H2,3H3/b8-6-,9-7+,11-10?. The van der Waals surface area contributed by atoms with Gasteiger partial charge in [0.25, 0.3) is 0 Å². The second kappa shape index (κ2) is 6.68. The van der Waals surface area contributed by atoms with Crippen molar-refractivity contribution >= 4 is 0 Å². The Morgan fingerprint density at radius 3 is 2.45 bits per heavy atom. The van der Waals surface area contributed by atoms with E-state index in [0.29, 0.717) is 0 Å². The highest BCUT2D eigenvalue weighted by Gasteiger charge is 1.81. The van der Waals surface area contributed by atoms with Gasteiger partial charge in [0.1, 0.15) is 0 Å². The largest absolute Gasteiger partial charge is 0.192 e. The van der Waals surface area contributed by atoms with Crippen LogP contribution in [0.3, 0.4) is 0 Å². The Morgan fingerprint density at radius 1 is 1.27 bits per heavy atom. The lowest BCUT2D eigenvalue weighted by Gasteiger charge is -1.86. The van der Waals surface area contributed by atoms with Crippen molar-refractivity contribution in [1.82, 2.24) is 0 Å².